The van der Waals surface area contributed by atoms with E-state index in [4.69, 9.17) is 11.5 Å². The molecule has 196 valence electrons. The molecule has 2 amide bonds. The Balaban J connectivity index is 1.60. The van der Waals surface area contributed by atoms with E-state index in [-0.39, 0.29) is 44.1 Å². The van der Waals surface area contributed by atoms with Gasteiger partial charge in [0.15, 0.2) is 0 Å². The van der Waals surface area contributed by atoms with Crippen molar-refractivity contribution in [3.05, 3.63) is 89.6 Å². The van der Waals surface area contributed by atoms with Crippen LogP contribution in [0.1, 0.15) is 23.7 Å². The van der Waals surface area contributed by atoms with E-state index in [0.717, 1.165) is 24.3 Å². The highest BCUT2D eigenvalue weighted by Gasteiger charge is 2.23. The summed E-state index contributed by atoms with van der Waals surface area (Å²) in [6.45, 7) is 1.88. The molecule has 3 aromatic rings. The molecule has 0 saturated heterocycles. The third-order valence-corrected chi connectivity index (χ3v) is 7.84. The predicted molar refractivity (Wildman–Crippen MR) is 143 cm³/mol. The molecule has 0 heterocycles. The maximum Gasteiger partial charge on any atom is 0.255 e. The highest BCUT2D eigenvalue weighted by molar-refractivity contribution is 7.91. The summed E-state index contributed by atoms with van der Waals surface area (Å²) in [7, 11) is -4.18. The Bertz CT molecular complexity index is 1590. The van der Waals surface area contributed by atoms with E-state index in [2.05, 4.69) is 10.6 Å². The van der Waals surface area contributed by atoms with Gasteiger partial charge in [0.25, 0.3) is 11.8 Å². The van der Waals surface area contributed by atoms with Crippen LogP contribution in [0.25, 0.3) is 0 Å². The number of allylic oxidation sites excluding steroid dienone is 3. The monoisotopic (exact) mass is 534 g/mol. The number of nitrogen functional groups attached to an aromatic ring is 1. The first-order valence-electron chi connectivity index (χ1n) is 11.5. The lowest BCUT2D eigenvalue weighted by atomic mass is 9.92. The first kappa shape index (κ1) is 26.3. The van der Waals surface area contributed by atoms with Crippen LogP contribution in [0.4, 0.5) is 17.1 Å². The highest BCUT2D eigenvalue weighted by atomic mass is 32.2. The minimum atomic E-state index is -4.18. The van der Waals surface area contributed by atoms with E-state index in [1.54, 1.807) is 12.2 Å². The predicted octanol–water partition coefficient (Wildman–Crippen LogP) is 3.51. The van der Waals surface area contributed by atoms with E-state index in [1.807, 2.05) is 6.92 Å². The summed E-state index contributed by atoms with van der Waals surface area (Å²) in [6, 6.07) is 13.0. The fraction of sp³-hybridized carbons (Fsp3) is 0.111. The third-order valence-electron chi connectivity index (χ3n) is 6.09. The third kappa shape index (κ3) is 5.47. The number of aromatic hydroxyl groups is 2. The second kappa shape index (κ2) is 10.3. The molecule has 0 bridgehead atoms. The van der Waals surface area contributed by atoms with Crippen LogP contribution in [-0.4, -0.2) is 30.4 Å². The summed E-state index contributed by atoms with van der Waals surface area (Å²) in [5, 5.41) is 25.5. The molecule has 1 atom stereocenters. The summed E-state index contributed by atoms with van der Waals surface area (Å²) in [5.74, 6) is -1.77. The number of hydrogen-bond donors (Lipinski definition) is 6. The molecule has 0 aromatic heterocycles. The largest absolute Gasteiger partial charge is 0.506 e. The first-order valence-corrected chi connectivity index (χ1v) is 13.0. The van der Waals surface area contributed by atoms with Gasteiger partial charge in [0, 0.05) is 22.5 Å². The van der Waals surface area contributed by atoms with Gasteiger partial charge in [-0.25, -0.2) is 8.42 Å². The number of nitrogens with two attached hydrogens (primary N) is 2. The normalized spacial score (nSPS) is 15.2. The van der Waals surface area contributed by atoms with Crippen molar-refractivity contribution in [2.75, 3.05) is 16.4 Å². The van der Waals surface area contributed by atoms with Gasteiger partial charge < -0.3 is 32.3 Å². The molecule has 10 nitrogen and oxygen atoms in total. The Labute approximate surface area is 219 Å². The zero-order chi connectivity index (χ0) is 27.6. The maximum atomic E-state index is 13.4. The molecule has 0 saturated carbocycles. The highest BCUT2D eigenvalue weighted by Crippen LogP contribution is 2.34. The second-order valence-electron chi connectivity index (χ2n) is 8.86. The van der Waals surface area contributed by atoms with Gasteiger partial charge in [-0.2, -0.15) is 0 Å². The quantitative estimate of drug-likeness (QED) is 0.205. The first-order chi connectivity index (χ1) is 18.0. The van der Waals surface area contributed by atoms with Gasteiger partial charge in [0.2, 0.25) is 9.84 Å². The molecule has 1 unspecified atom stereocenters. The van der Waals surface area contributed by atoms with Crippen molar-refractivity contribution in [1.82, 2.24) is 0 Å². The SMILES string of the molecule is CC1CC(C(=O)Nc2cc(S(=O)(=O)c3ccc(O)c(NC(=O)c4ccc(N)cc4)c3)ccc2O)=CC=C1N. The molecule has 0 spiro atoms. The van der Waals surface area contributed by atoms with Crippen molar-refractivity contribution in [3.63, 3.8) is 0 Å². The van der Waals surface area contributed by atoms with Crippen molar-refractivity contribution in [2.45, 2.75) is 23.1 Å². The molecular formula is C27H26N4O6S. The summed E-state index contributed by atoms with van der Waals surface area (Å²) in [5.41, 5.74) is 13.1. The van der Waals surface area contributed by atoms with Crippen LogP contribution in [0.3, 0.4) is 0 Å². The van der Waals surface area contributed by atoms with Crippen LogP contribution < -0.4 is 22.1 Å². The van der Waals surface area contributed by atoms with E-state index in [1.165, 1.54) is 36.4 Å². The summed E-state index contributed by atoms with van der Waals surface area (Å²) < 4.78 is 26.8. The number of phenols is 2. The van der Waals surface area contributed by atoms with Crippen molar-refractivity contribution in [2.24, 2.45) is 11.7 Å². The van der Waals surface area contributed by atoms with Crippen LogP contribution >= 0.6 is 0 Å². The van der Waals surface area contributed by atoms with Gasteiger partial charge in [-0.3, -0.25) is 9.59 Å². The Kier molecular flexibility index (Phi) is 7.13. The average Bonchev–Trinajstić information content (AvgIpc) is 2.88. The number of benzene rings is 3. The standard InChI is InChI=1S/C27H26N4O6S/c1-15-12-17(4-9-21(15)29)27(35)31-23-14-20(8-11-25(23)33)38(36,37)19-7-10-24(32)22(13-19)30-26(34)16-2-5-18(28)6-3-16/h2-11,13-15,32-33H,12,28-29H2,1H3,(H,30,34)(H,31,35). The fourth-order valence-electron chi connectivity index (χ4n) is 3.78. The molecule has 38 heavy (non-hydrogen) atoms. The van der Waals surface area contributed by atoms with Crippen LogP contribution in [0.5, 0.6) is 11.5 Å². The zero-order valence-electron chi connectivity index (χ0n) is 20.3. The molecule has 8 N–H and O–H groups in total. The van der Waals surface area contributed by atoms with Crippen LogP contribution in [-0.2, 0) is 14.6 Å². The number of anilines is 3. The van der Waals surface area contributed by atoms with E-state index >= 15 is 0 Å². The average molecular weight is 535 g/mol. The lowest BCUT2D eigenvalue weighted by molar-refractivity contribution is -0.113. The van der Waals surface area contributed by atoms with E-state index in [9.17, 15) is 28.2 Å². The Morgan fingerprint density at radius 1 is 0.816 bits per heavy atom. The minimum absolute atomic E-state index is 0.0368. The molecule has 0 radical (unpaired) electrons. The van der Waals surface area contributed by atoms with Gasteiger partial charge in [-0.1, -0.05) is 13.0 Å². The molecule has 1 aliphatic carbocycles. The molecule has 1 aliphatic rings. The van der Waals surface area contributed by atoms with Gasteiger partial charge in [0.1, 0.15) is 11.5 Å². The van der Waals surface area contributed by atoms with Crippen molar-refractivity contribution >= 4 is 38.7 Å². The second-order valence-corrected chi connectivity index (χ2v) is 10.8. The maximum absolute atomic E-state index is 13.4. The number of carbonyl (C=O) groups is 2. The molecular weight excluding hydrogens is 508 g/mol. The van der Waals surface area contributed by atoms with Crippen molar-refractivity contribution in [3.8, 4) is 11.5 Å². The molecule has 0 aliphatic heterocycles. The topological polar surface area (TPSA) is 185 Å². The summed E-state index contributed by atoms with van der Waals surface area (Å²) in [4.78, 5) is 24.9. The molecule has 3 aromatic carbocycles. The number of carbonyl (C=O) groups excluding carboxylic acids is 2. The van der Waals surface area contributed by atoms with E-state index < -0.39 is 21.7 Å². The van der Waals surface area contributed by atoms with Crippen molar-refractivity contribution in [1.29, 1.82) is 0 Å². The smallest absolute Gasteiger partial charge is 0.255 e. The Morgan fingerprint density at radius 2 is 1.34 bits per heavy atom. The van der Waals surface area contributed by atoms with Crippen LogP contribution in [0, 0.1) is 5.92 Å². The van der Waals surface area contributed by atoms with Crippen LogP contribution in [0.15, 0.2) is 93.9 Å². The van der Waals surface area contributed by atoms with Gasteiger partial charge >= 0.3 is 0 Å². The van der Waals surface area contributed by atoms with Crippen molar-refractivity contribution < 1.29 is 28.2 Å². The summed E-state index contributed by atoms with van der Waals surface area (Å²) in [6.07, 6.45) is 3.61. The lowest BCUT2D eigenvalue weighted by Gasteiger charge is -2.18. The number of rotatable bonds is 6. The Morgan fingerprint density at radius 3 is 1.87 bits per heavy atom. The molecule has 0 fully saturated rings. The number of hydrogen-bond acceptors (Lipinski definition) is 8. The number of phenolic OH excluding ortho intramolecular Hbond substituents is 2. The lowest BCUT2D eigenvalue weighted by Crippen LogP contribution is -2.21. The van der Waals surface area contributed by atoms with Gasteiger partial charge in [-0.15, -0.1) is 0 Å². The fourth-order valence-corrected chi connectivity index (χ4v) is 5.09. The van der Waals surface area contributed by atoms with Gasteiger partial charge in [-0.05, 0) is 79.1 Å². The van der Waals surface area contributed by atoms with Crippen LogP contribution in [0.2, 0.25) is 0 Å². The summed E-state index contributed by atoms with van der Waals surface area (Å²) >= 11 is 0. The number of nitrogens with one attached hydrogen (secondary N) is 2. The van der Waals surface area contributed by atoms with Gasteiger partial charge in [0.05, 0.1) is 21.2 Å². The zero-order valence-corrected chi connectivity index (χ0v) is 21.1. The molecule has 4 rings (SSSR count). The number of amides is 2. The Hall–Kier alpha value is -4.77. The minimum Gasteiger partial charge on any atom is -0.506 e. The number of sulfone groups is 1. The molecule has 11 heteroatoms. The van der Waals surface area contributed by atoms with E-state index in [0.29, 0.717) is 23.4 Å².